The third-order valence-electron chi connectivity index (χ3n) is 3.67. The summed E-state index contributed by atoms with van der Waals surface area (Å²) in [5, 5.41) is 9.42. The number of hydrogen-bond donors (Lipinski definition) is 2. The summed E-state index contributed by atoms with van der Waals surface area (Å²) in [5.41, 5.74) is 4.77. The van der Waals surface area contributed by atoms with Gasteiger partial charge < -0.3 is 15.6 Å². The van der Waals surface area contributed by atoms with E-state index in [1.807, 2.05) is 45.0 Å². The molecule has 0 saturated heterocycles. The first kappa shape index (κ1) is 15.5. The maximum absolute atomic E-state index is 11.5. The molecule has 0 heterocycles. The molecule has 0 unspecified atom stereocenters. The highest BCUT2D eigenvalue weighted by Crippen LogP contribution is 2.64. The molecule has 4 heteroatoms. The van der Waals surface area contributed by atoms with Crippen LogP contribution in [0.5, 0.6) is 5.75 Å². The lowest BCUT2D eigenvalue weighted by molar-refractivity contribution is -0.141. The molecule has 1 aliphatic rings. The molecule has 0 radical (unpaired) electrons. The van der Waals surface area contributed by atoms with Crippen LogP contribution < -0.4 is 10.5 Å². The molecular formula is C15H23NO3. The average molecular weight is 265 g/mol. The number of rotatable bonds is 3. The van der Waals surface area contributed by atoms with Crippen LogP contribution in [-0.4, -0.2) is 24.7 Å². The SMILES string of the molecule is CCN.COc1cccc([C@@]2(C(=O)O)CC2(C)C)c1. The second-order valence-electron chi connectivity index (χ2n) is 5.41. The quantitative estimate of drug-likeness (QED) is 0.880. The minimum atomic E-state index is -0.745. The average Bonchev–Trinajstić information content (AvgIpc) is 2.95. The van der Waals surface area contributed by atoms with Crippen LogP contribution in [0.4, 0.5) is 0 Å². The Kier molecular flexibility index (Phi) is 4.58. The van der Waals surface area contributed by atoms with Crippen LogP contribution >= 0.6 is 0 Å². The molecule has 0 amide bonds. The van der Waals surface area contributed by atoms with Gasteiger partial charge in [0.25, 0.3) is 0 Å². The molecule has 1 aliphatic carbocycles. The predicted octanol–water partition coefficient (Wildman–Crippen LogP) is 2.41. The minimum Gasteiger partial charge on any atom is -0.497 e. The van der Waals surface area contributed by atoms with E-state index < -0.39 is 11.4 Å². The van der Waals surface area contributed by atoms with E-state index in [0.29, 0.717) is 12.2 Å². The molecule has 0 bridgehead atoms. The third kappa shape index (κ3) is 2.73. The van der Waals surface area contributed by atoms with Gasteiger partial charge in [-0.15, -0.1) is 0 Å². The number of methoxy groups -OCH3 is 1. The van der Waals surface area contributed by atoms with Gasteiger partial charge in [-0.25, -0.2) is 0 Å². The third-order valence-corrected chi connectivity index (χ3v) is 3.67. The Balaban J connectivity index is 0.000000550. The summed E-state index contributed by atoms with van der Waals surface area (Å²) < 4.78 is 5.13. The molecule has 0 aromatic heterocycles. The van der Waals surface area contributed by atoms with Gasteiger partial charge in [0.15, 0.2) is 0 Å². The molecule has 1 saturated carbocycles. The molecule has 106 valence electrons. The second-order valence-corrected chi connectivity index (χ2v) is 5.41. The van der Waals surface area contributed by atoms with E-state index in [4.69, 9.17) is 10.5 Å². The summed E-state index contributed by atoms with van der Waals surface area (Å²) in [6.45, 7) is 6.63. The number of aliphatic carboxylic acids is 1. The van der Waals surface area contributed by atoms with Crippen LogP contribution in [0.15, 0.2) is 24.3 Å². The van der Waals surface area contributed by atoms with Gasteiger partial charge in [-0.3, -0.25) is 4.79 Å². The maximum Gasteiger partial charge on any atom is 0.314 e. The molecule has 1 fully saturated rings. The topological polar surface area (TPSA) is 72.5 Å². The van der Waals surface area contributed by atoms with Crippen LogP contribution in [0.25, 0.3) is 0 Å². The summed E-state index contributed by atoms with van der Waals surface area (Å²) in [7, 11) is 1.59. The van der Waals surface area contributed by atoms with Crippen molar-refractivity contribution in [2.75, 3.05) is 13.7 Å². The molecular weight excluding hydrogens is 242 g/mol. The summed E-state index contributed by atoms with van der Waals surface area (Å²) in [6.07, 6.45) is 0.683. The number of benzene rings is 1. The van der Waals surface area contributed by atoms with Gasteiger partial charge in [-0.1, -0.05) is 32.9 Å². The zero-order chi connectivity index (χ0) is 14.7. The van der Waals surface area contributed by atoms with Crippen LogP contribution in [0.1, 0.15) is 32.8 Å². The van der Waals surface area contributed by atoms with Crippen molar-refractivity contribution in [2.24, 2.45) is 11.1 Å². The highest BCUT2D eigenvalue weighted by atomic mass is 16.5. The maximum atomic E-state index is 11.5. The largest absolute Gasteiger partial charge is 0.497 e. The lowest BCUT2D eigenvalue weighted by atomic mass is 9.88. The zero-order valence-corrected chi connectivity index (χ0v) is 12.1. The van der Waals surface area contributed by atoms with Gasteiger partial charge in [0.1, 0.15) is 5.75 Å². The fraction of sp³-hybridized carbons (Fsp3) is 0.533. The number of ether oxygens (including phenoxy) is 1. The van der Waals surface area contributed by atoms with E-state index >= 15 is 0 Å². The first-order valence-electron chi connectivity index (χ1n) is 6.43. The van der Waals surface area contributed by atoms with Gasteiger partial charge in [-0.05, 0) is 36.1 Å². The number of nitrogens with two attached hydrogens (primary N) is 1. The highest BCUT2D eigenvalue weighted by Gasteiger charge is 2.67. The minimum absolute atomic E-state index is 0.175. The van der Waals surface area contributed by atoms with Crippen molar-refractivity contribution in [3.63, 3.8) is 0 Å². The number of carbonyl (C=O) groups is 1. The van der Waals surface area contributed by atoms with E-state index in [0.717, 1.165) is 12.1 Å². The smallest absolute Gasteiger partial charge is 0.314 e. The molecule has 0 spiro atoms. The highest BCUT2D eigenvalue weighted by molar-refractivity contribution is 5.87. The van der Waals surface area contributed by atoms with Crippen molar-refractivity contribution < 1.29 is 14.6 Å². The molecule has 1 atom stereocenters. The molecule has 4 nitrogen and oxygen atoms in total. The van der Waals surface area contributed by atoms with Crippen LogP contribution in [-0.2, 0) is 10.2 Å². The van der Waals surface area contributed by atoms with Crippen LogP contribution in [0.3, 0.4) is 0 Å². The Morgan fingerprint density at radius 1 is 1.47 bits per heavy atom. The Labute approximate surface area is 114 Å². The van der Waals surface area contributed by atoms with Crippen molar-refractivity contribution in [3.8, 4) is 5.75 Å². The summed E-state index contributed by atoms with van der Waals surface area (Å²) in [4.78, 5) is 11.5. The second kappa shape index (κ2) is 5.61. The Hall–Kier alpha value is -1.55. The Bertz CT molecular complexity index is 456. The first-order chi connectivity index (χ1) is 8.85. The first-order valence-corrected chi connectivity index (χ1v) is 6.43. The monoisotopic (exact) mass is 265 g/mol. The van der Waals surface area contributed by atoms with Crippen molar-refractivity contribution in [1.29, 1.82) is 0 Å². The van der Waals surface area contributed by atoms with Gasteiger partial charge in [0.05, 0.1) is 12.5 Å². The molecule has 2 rings (SSSR count). The van der Waals surface area contributed by atoms with E-state index in [1.54, 1.807) is 7.11 Å². The number of carboxylic acids is 1. The van der Waals surface area contributed by atoms with E-state index in [2.05, 4.69) is 0 Å². The standard InChI is InChI=1S/C13H16O3.C2H7N/c1-12(2)8-13(12,11(14)15)9-5-4-6-10(7-9)16-3;1-2-3/h4-7H,8H2,1-3H3,(H,14,15);2-3H2,1H3/t13-;/m1./s1. The van der Waals surface area contributed by atoms with Crippen molar-refractivity contribution >= 4 is 5.97 Å². The molecule has 1 aromatic rings. The molecule has 3 N–H and O–H groups in total. The Morgan fingerprint density at radius 2 is 2.00 bits per heavy atom. The van der Waals surface area contributed by atoms with Crippen LogP contribution in [0.2, 0.25) is 0 Å². The van der Waals surface area contributed by atoms with Crippen molar-refractivity contribution in [3.05, 3.63) is 29.8 Å². The molecule has 1 aromatic carbocycles. The van der Waals surface area contributed by atoms with Crippen LogP contribution in [0, 0.1) is 5.41 Å². The van der Waals surface area contributed by atoms with E-state index in [1.165, 1.54) is 0 Å². The van der Waals surface area contributed by atoms with E-state index in [9.17, 15) is 9.90 Å². The Morgan fingerprint density at radius 3 is 2.37 bits per heavy atom. The van der Waals surface area contributed by atoms with Gasteiger partial charge in [0, 0.05) is 0 Å². The van der Waals surface area contributed by atoms with E-state index in [-0.39, 0.29) is 5.41 Å². The fourth-order valence-corrected chi connectivity index (χ4v) is 2.49. The molecule has 19 heavy (non-hydrogen) atoms. The molecule has 0 aliphatic heterocycles. The number of carboxylic acid groups (broad SMARTS) is 1. The van der Waals surface area contributed by atoms with Gasteiger partial charge >= 0.3 is 5.97 Å². The normalized spacial score (nSPS) is 23.0. The number of hydrogen-bond acceptors (Lipinski definition) is 3. The van der Waals surface area contributed by atoms with Gasteiger partial charge in [0.2, 0.25) is 0 Å². The van der Waals surface area contributed by atoms with Gasteiger partial charge in [-0.2, -0.15) is 0 Å². The van der Waals surface area contributed by atoms with Crippen molar-refractivity contribution in [1.82, 2.24) is 0 Å². The predicted molar refractivity (Wildman–Crippen MR) is 75.4 cm³/mol. The fourth-order valence-electron chi connectivity index (χ4n) is 2.49. The van der Waals surface area contributed by atoms with Crippen molar-refractivity contribution in [2.45, 2.75) is 32.6 Å². The lowest BCUT2D eigenvalue weighted by Gasteiger charge is -2.16. The summed E-state index contributed by atoms with van der Waals surface area (Å²) in [5.74, 6) is -0.0356. The zero-order valence-electron chi connectivity index (χ0n) is 12.1. The lowest BCUT2D eigenvalue weighted by Crippen LogP contribution is -2.25. The summed E-state index contributed by atoms with van der Waals surface area (Å²) in [6, 6.07) is 7.36. The summed E-state index contributed by atoms with van der Waals surface area (Å²) >= 11 is 0.